The average molecular weight is 392 g/mol. The Kier molecular flexibility index (Phi) is 8.39. The molecule has 3 rings (SSSR count). The lowest BCUT2D eigenvalue weighted by molar-refractivity contribution is 0.0512. The highest BCUT2D eigenvalue weighted by molar-refractivity contribution is 7.16. The van der Waals surface area contributed by atoms with Crippen molar-refractivity contribution in [3.63, 3.8) is 0 Å². The minimum Gasteiger partial charge on any atom is -0.384 e. The molecule has 0 atom stereocenters. The molecule has 1 aliphatic heterocycles. The maximum atomic E-state index is 12.4. The molecule has 24 heavy (non-hydrogen) atoms. The monoisotopic (exact) mass is 391 g/mol. The second kappa shape index (κ2) is 9.53. The number of methoxy groups -OCH3 is 1. The minimum atomic E-state index is -0.0238. The van der Waals surface area contributed by atoms with Crippen molar-refractivity contribution in [2.24, 2.45) is 5.41 Å². The molecule has 0 unspecified atom stereocenters. The molecule has 0 radical (unpaired) electrons. The van der Waals surface area contributed by atoms with Crippen LogP contribution in [0.1, 0.15) is 23.2 Å². The number of carbonyl (C=O) groups excluding carboxylic acids is 1. The fourth-order valence-corrected chi connectivity index (χ4v) is 3.72. The fraction of sp³-hybridized carbons (Fsp3) is 0.500. The molecule has 2 aromatic rings. The normalized spacial score (nSPS) is 16.0. The molecule has 1 amide bonds. The molecular formula is C16H23Cl2N3O2S. The molecule has 0 spiro atoms. The number of thiazole rings is 1. The van der Waals surface area contributed by atoms with Crippen LogP contribution >= 0.6 is 36.2 Å². The van der Waals surface area contributed by atoms with Crippen molar-refractivity contribution in [2.75, 3.05) is 33.4 Å². The van der Waals surface area contributed by atoms with Gasteiger partial charge in [0.1, 0.15) is 0 Å². The zero-order valence-corrected chi connectivity index (χ0v) is 16.0. The van der Waals surface area contributed by atoms with Crippen LogP contribution < -0.4 is 10.6 Å². The number of hydrogen-bond acceptors (Lipinski definition) is 5. The summed E-state index contributed by atoms with van der Waals surface area (Å²) in [7, 11) is 1.73. The van der Waals surface area contributed by atoms with E-state index in [0.29, 0.717) is 18.7 Å². The van der Waals surface area contributed by atoms with Crippen molar-refractivity contribution in [2.45, 2.75) is 12.8 Å². The van der Waals surface area contributed by atoms with Gasteiger partial charge in [0.15, 0.2) is 0 Å². The Bertz CT molecular complexity index is 654. The average Bonchev–Trinajstić information content (AvgIpc) is 3.01. The molecule has 1 aromatic heterocycles. The second-order valence-corrected chi connectivity index (χ2v) is 6.79. The van der Waals surface area contributed by atoms with E-state index in [2.05, 4.69) is 15.6 Å². The van der Waals surface area contributed by atoms with E-state index >= 15 is 0 Å². The predicted octanol–water partition coefficient (Wildman–Crippen LogP) is 2.89. The number of hydrogen-bond donors (Lipinski definition) is 2. The van der Waals surface area contributed by atoms with Gasteiger partial charge in [-0.15, -0.1) is 36.2 Å². The van der Waals surface area contributed by atoms with Crippen LogP contribution in [0.4, 0.5) is 0 Å². The van der Waals surface area contributed by atoms with Crippen molar-refractivity contribution in [3.05, 3.63) is 29.3 Å². The van der Waals surface area contributed by atoms with Crippen LogP contribution in [0.3, 0.4) is 0 Å². The van der Waals surface area contributed by atoms with Gasteiger partial charge >= 0.3 is 0 Å². The number of fused-ring (bicyclic) bond motifs is 1. The molecule has 134 valence electrons. The predicted molar refractivity (Wildman–Crippen MR) is 103 cm³/mol. The number of nitrogens with one attached hydrogen (secondary N) is 2. The molecule has 8 heteroatoms. The summed E-state index contributed by atoms with van der Waals surface area (Å²) in [6.07, 6.45) is 2.05. The summed E-state index contributed by atoms with van der Waals surface area (Å²) < 4.78 is 6.43. The maximum Gasteiger partial charge on any atom is 0.251 e. The second-order valence-electron chi connectivity index (χ2n) is 5.90. The van der Waals surface area contributed by atoms with Gasteiger partial charge in [0.25, 0.3) is 5.91 Å². The summed E-state index contributed by atoms with van der Waals surface area (Å²) in [5.41, 5.74) is 3.48. The van der Waals surface area contributed by atoms with E-state index in [4.69, 9.17) is 4.74 Å². The summed E-state index contributed by atoms with van der Waals surface area (Å²) in [5, 5.41) is 6.45. The van der Waals surface area contributed by atoms with Crippen LogP contribution in [-0.4, -0.2) is 44.2 Å². The molecule has 2 heterocycles. The van der Waals surface area contributed by atoms with Crippen molar-refractivity contribution in [3.8, 4) is 0 Å². The van der Waals surface area contributed by atoms with Gasteiger partial charge in [-0.25, -0.2) is 4.98 Å². The van der Waals surface area contributed by atoms with Gasteiger partial charge < -0.3 is 15.4 Å². The summed E-state index contributed by atoms with van der Waals surface area (Å²) >= 11 is 1.55. The van der Waals surface area contributed by atoms with E-state index in [0.717, 1.165) is 36.1 Å². The lowest BCUT2D eigenvalue weighted by Crippen LogP contribution is -2.47. The van der Waals surface area contributed by atoms with Gasteiger partial charge in [-0.05, 0) is 44.1 Å². The van der Waals surface area contributed by atoms with Gasteiger partial charge in [-0.3, -0.25) is 4.79 Å². The Labute approximate surface area is 158 Å². The molecular weight excluding hydrogens is 369 g/mol. The lowest BCUT2D eigenvalue weighted by atomic mass is 9.79. The van der Waals surface area contributed by atoms with Crippen LogP contribution in [0.25, 0.3) is 10.2 Å². The molecule has 0 aliphatic carbocycles. The van der Waals surface area contributed by atoms with Crippen LogP contribution in [-0.2, 0) is 4.74 Å². The molecule has 5 nitrogen and oxygen atoms in total. The van der Waals surface area contributed by atoms with E-state index in [1.54, 1.807) is 24.0 Å². The number of amides is 1. The third-order valence-electron chi connectivity index (χ3n) is 4.33. The topological polar surface area (TPSA) is 63.2 Å². The van der Waals surface area contributed by atoms with Crippen LogP contribution in [0.2, 0.25) is 0 Å². The third-order valence-corrected chi connectivity index (χ3v) is 5.12. The zero-order chi connectivity index (χ0) is 15.4. The van der Waals surface area contributed by atoms with E-state index < -0.39 is 0 Å². The number of benzene rings is 1. The highest BCUT2D eigenvalue weighted by Gasteiger charge is 2.32. The number of piperidine rings is 1. The Morgan fingerprint density at radius 2 is 2.12 bits per heavy atom. The summed E-state index contributed by atoms with van der Waals surface area (Å²) in [6, 6.07) is 5.65. The third kappa shape index (κ3) is 4.80. The Balaban J connectivity index is 0.00000144. The first kappa shape index (κ1) is 21.1. The van der Waals surface area contributed by atoms with Crippen molar-refractivity contribution in [1.29, 1.82) is 0 Å². The quantitative estimate of drug-likeness (QED) is 0.822. The molecule has 1 aromatic carbocycles. The molecule has 1 fully saturated rings. The summed E-state index contributed by atoms with van der Waals surface area (Å²) in [4.78, 5) is 16.7. The maximum absolute atomic E-state index is 12.4. The number of rotatable bonds is 5. The van der Waals surface area contributed by atoms with E-state index in [1.807, 2.05) is 18.2 Å². The number of halogens is 2. The zero-order valence-electron chi connectivity index (χ0n) is 13.5. The van der Waals surface area contributed by atoms with Gasteiger partial charge in [0.2, 0.25) is 0 Å². The first-order valence-electron chi connectivity index (χ1n) is 7.54. The summed E-state index contributed by atoms with van der Waals surface area (Å²) in [5.74, 6) is -0.0238. The molecule has 0 saturated carbocycles. The smallest absolute Gasteiger partial charge is 0.251 e. The Hall–Kier alpha value is -0.920. The fourth-order valence-electron chi connectivity index (χ4n) is 3.00. The van der Waals surface area contributed by atoms with Crippen LogP contribution in [0, 0.1) is 5.41 Å². The minimum absolute atomic E-state index is 0. The molecule has 1 aliphatic rings. The van der Waals surface area contributed by atoms with Crippen molar-refractivity contribution in [1.82, 2.24) is 15.6 Å². The van der Waals surface area contributed by atoms with Crippen LogP contribution in [0.15, 0.2) is 23.7 Å². The highest BCUT2D eigenvalue weighted by Crippen LogP contribution is 2.28. The molecule has 2 N–H and O–H groups in total. The molecule has 0 bridgehead atoms. The number of ether oxygens (including phenoxy) is 1. The van der Waals surface area contributed by atoms with E-state index in [9.17, 15) is 4.79 Å². The first-order valence-corrected chi connectivity index (χ1v) is 8.42. The van der Waals surface area contributed by atoms with Crippen molar-refractivity contribution < 1.29 is 9.53 Å². The summed E-state index contributed by atoms with van der Waals surface area (Å²) in [6.45, 7) is 3.29. The SMILES string of the molecule is COCC1(CNC(=O)c2ccc3ncsc3c2)CCNCC1.Cl.Cl. The largest absolute Gasteiger partial charge is 0.384 e. The number of aromatic nitrogens is 1. The van der Waals surface area contributed by atoms with Gasteiger partial charge in [0.05, 0.1) is 22.3 Å². The van der Waals surface area contributed by atoms with E-state index in [1.165, 1.54) is 0 Å². The Morgan fingerprint density at radius 1 is 1.38 bits per heavy atom. The highest BCUT2D eigenvalue weighted by atomic mass is 35.5. The number of nitrogens with zero attached hydrogens (tertiary/aromatic N) is 1. The van der Waals surface area contributed by atoms with Crippen LogP contribution in [0.5, 0.6) is 0 Å². The van der Waals surface area contributed by atoms with E-state index in [-0.39, 0.29) is 36.1 Å². The lowest BCUT2D eigenvalue weighted by Gasteiger charge is -2.37. The van der Waals surface area contributed by atoms with Gasteiger partial charge in [-0.1, -0.05) is 0 Å². The van der Waals surface area contributed by atoms with Gasteiger partial charge in [0, 0.05) is 24.6 Å². The standard InChI is InChI=1S/C16H21N3O2S.2ClH/c1-21-10-16(4-6-17-7-5-16)9-18-15(20)12-2-3-13-14(8-12)22-11-19-13;;/h2-3,8,11,17H,4-7,9-10H2,1H3,(H,18,20);2*1H. The van der Waals surface area contributed by atoms with Gasteiger partial charge in [-0.2, -0.15) is 0 Å². The Morgan fingerprint density at radius 3 is 2.83 bits per heavy atom. The van der Waals surface area contributed by atoms with Crippen molar-refractivity contribution >= 4 is 52.3 Å². The molecule has 1 saturated heterocycles. The number of carbonyl (C=O) groups is 1. The first-order chi connectivity index (χ1) is 10.7.